The maximum atomic E-state index is 11.8. The lowest BCUT2D eigenvalue weighted by molar-refractivity contribution is 0.836. The molecule has 5 nitrogen and oxygen atoms in total. The van der Waals surface area contributed by atoms with Crippen LogP contribution in [-0.4, -0.2) is 22.6 Å². The molecule has 6 heteroatoms. The molecule has 0 saturated heterocycles. The first kappa shape index (κ1) is 10.1. The minimum absolute atomic E-state index is 0.0271. The van der Waals surface area contributed by atoms with Crippen molar-refractivity contribution in [2.45, 2.75) is 0 Å². The number of nitrogens with two attached hydrogens (primary N) is 1. The lowest BCUT2D eigenvalue weighted by Crippen LogP contribution is -2.24. The molecule has 0 aliphatic carbocycles. The van der Waals surface area contributed by atoms with Gasteiger partial charge < -0.3 is 11.1 Å². The highest BCUT2D eigenvalue weighted by molar-refractivity contribution is 7.16. The standard InChI is InChI=1S/C9H12N4OS/c1-13-8(14)6-2-5-15-7(6)12-9(13)11-4-3-10/h2,5H,3-4,10H2,1H3,(H,11,12). The Hall–Kier alpha value is -1.40. The first-order chi connectivity index (χ1) is 7.24. The Labute approximate surface area is 90.5 Å². The Balaban J connectivity index is 2.55. The van der Waals surface area contributed by atoms with Crippen LogP contribution in [0, 0.1) is 0 Å². The Kier molecular flexibility index (Phi) is 2.70. The molecule has 2 aromatic heterocycles. The quantitative estimate of drug-likeness (QED) is 0.790. The van der Waals surface area contributed by atoms with Gasteiger partial charge in [0.15, 0.2) is 0 Å². The SMILES string of the molecule is Cn1c(NCCN)nc2sccc2c1=O. The second-order valence-electron chi connectivity index (χ2n) is 3.15. The van der Waals surface area contributed by atoms with Crippen molar-refractivity contribution in [3.8, 4) is 0 Å². The molecule has 0 spiro atoms. The smallest absolute Gasteiger partial charge is 0.263 e. The average molecular weight is 224 g/mol. The molecular weight excluding hydrogens is 212 g/mol. The van der Waals surface area contributed by atoms with Gasteiger partial charge in [-0.1, -0.05) is 0 Å². The molecule has 0 fully saturated rings. The van der Waals surface area contributed by atoms with Crippen LogP contribution in [0.2, 0.25) is 0 Å². The molecule has 3 N–H and O–H groups in total. The van der Waals surface area contributed by atoms with Gasteiger partial charge in [-0.05, 0) is 11.4 Å². The van der Waals surface area contributed by atoms with Crippen molar-refractivity contribution in [3.63, 3.8) is 0 Å². The van der Waals surface area contributed by atoms with Gasteiger partial charge in [0.05, 0.1) is 5.39 Å². The number of nitrogens with zero attached hydrogens (tertiary/aromatic N) is 2. The van der Waals surface area contributed by atoms with Crippen LogP contribution in [0.25, 0.3) is 10.2 Å². The summed E-state index contributed by atoms with van der Waals surface area (Å²) < 4.78 is 1.50. The summed E-state index contributed by atoms with van der Waals surface area (Å²) in [4.78, 5) is 16.9. The number of anilines is 1. The highest BCUT2D eigenvalue weighted by atomic mass is 32.1. The van der Waals surface area contributed by atoms with Crippen molar-refractivity contribution in [3.05, 3.63) is 21.8 Å². The van der Waals surface area contributed by atoms with E-state index in [1.165, 1.54) is 15.9 Å². The molecule has 0 unspecified atom stereocenters. The lowest BCUT2D eigenvalue weighted by Gasteiger charge is -2.08. The van der Waals surface area contributed by atoms with Crippen LogP contribution in [0.15, 0.2) is 16.2 Å². The summed E-state index contributed by atoms with van der Waals surface area (Å²) in [5.41, 5.74) is 5.36. The fourth-order valence-electron chi connectivity index (χ4n) is 1.34. The minimum atomic E-state index is -0.0271. The number of hydrogen-bond acceptors (Lipinski definition) is 5. The number of fused-ring (bicyclic) bond motifs is 1. The molecule has 0 atom stereocenters. The zero-order valence-corrected chi connectivity index (χ0v) is 9.17. The third-order valence-corrected chi connectivity index (χ3v) is 2.94. The topological polar surface area (TPSA) is 72.9 Å². The summed E-state index contributed by atoms with van der Waals surface area (Å²) in [6.07, 6.45) is 0. The minimum Gasteiger partial charge on any atom is -0.354 e. The van der Waals surface area contributed by atoms with Crippen LogP contribution in [0.5, 0.6) is 0 Å². The van der Waals surface area contributed by atoms with E-state index < -0.39 is 0 Å². The van der Waals surface area contributed by atoms with Crippen LogP contribution in [-0.2, 0) is 7.05 Å². The van der Waals surface area contributed by atoms with Gasteiger partial charge >= 0.3 is 0 Å². The first-order valence-electron chi connectivity index (χ1n) is 4.62. The second kappa shape index (κ2) is 4.00. The Bertz CT molecular complexity index is 530. The summed E-state index contributed by atoms with van der Waals surface area (Å²) in [7, 11) is 1.70. The summed E-state index contributed by atoms with van der Waals surface area (Å²) in [6.45, 7) is 1.12. The van der Waals surface area contributed by atoms with E-state index in [0.29, 0.717) is 24.4 Å². The van der Waals surface area contributed by atoms with E-state index in [2.05, 4.69) is 10.3 Å². The summed E-state index contributed by atoms with van der Waals surface area (Å²) in [6, 6.07) is 1.79. The van der Waals surface area contributed by atoms with Gasteiger partial charge in [-0.15, -0.1) is 11.3 Å². The Morgan fingerprint density at radius 1 is 1.67 bits per heavy atom. The predicted molar refractivity (Wildman–Crippen MR) is 62.4 cm³/mol. The second-order valence-corrected chi connectivity index (χ2v) is 4.05. The van der Waals surface area contributed by atoms with E-state index in [0.717, 1.165) is 4.83 Å². The van der Waals surface area contributed by atoms with Crippen molar-refractivity contribution >= 4 is 27.5 Å². The van der Waals surface area contributed by atoms with E-state index in [9.17, 15) is 4.79 Å². The van der Waals surface area contributed by atoms with Gasteiger partial charge in [-0.3, -0.25) is 9.36 Å². The molecule has 2 aromatic rings. The number of thiophene rings is 1. The fraction of sp³-hybridized carbons (Fsp3) is 0.333. The van der Waals surface area contributed by atoms with Gasteiger partial charge in [0.1, 0.15) is 4.83 Å². The first-order valence-corrected chi connectivity index (χ1v) is 5.50. The number of aromatic nitrogens is 2. The van der Waals surface area contributed by atoms with Crippen LogP contribution in [0.4, 0.5) is 5.95 Å². The van der Waals surface area contributed by atoms with Crippen LogP contribution < -0.4 is 16.6 Å². The molecule has 0 aliphatic heterocycles. The molecule has 2 heterocycles. The predicted octanol–water partition coefficient (Wildman–Crippen LogP) is 0.366. The Morgan fingerprint density at radius 3 is 3.20 bits per heavy atom. The van der Waals surface area contributed by atoms with Crippen molar-refractivity contribution in [2.75, 3.05) is 18.4 Å². The number of hydrogen-bond donors (Lipinski definition) is 2. The van der Waals surface area contributed by atoms with E-state index in [1.807, 2.05) is 5.38 Å². The zero-order chi connectivity index (χ0) is 10.8. The monoisotopic (exact) mass is 224 g/mol. The van der Waals surface area contributed by atoms with Crippen molar-refractivity contribution in [2.24, 2.45) is 12.8 Å². The molecule has 0 aliphatic rings. The number of rotatable bonds is 3. The highest BCUT2D eigenvalue weighted by Crippen LogP contribution is 2.16. The Morgan fingerprint density at radius 2 is 2.47 bits per heavy atom. The molecule has 0 radical (unpaired) electrons. The average Bonchev–Trinajstić information content (AvgIpc) is 2.69. The molecule has 0 saturated carbocycles. The third-order valence-electron chi connectivity index (χ3n) is 2.13. The molecule has 0 bridgehead atoms. The summed E-state index contributed by atoms with van der Waals surface area (Å²) in [5.74, 6) is 0.570. The fourth-order valence-corrected chi connectivity index (χ4v) is 2.10. The van der Waals surface area contributed by atoms with Crippen LogP contribution >= 0.6 is 11.3 Å². The molecule has 80 valence electrons. The van der Waals surface area contributed by atoms with Crippen LogP contribution in [0.3, 0.4) is 0 Å². The van der Waals surface area contributed by atoms with Gasteiger partial charge in [0.2, 0.25) is 5.95 Å². The van der Waals surface area contributed by atoms with Gasteiger partial charge in [-0.25, -0.2) is 4.98 Å². The normalized spacial score (nSPS) is 10.8. The third kappa shape index (κ3) is 1.73. The molecular formula is C9H12N4OS. The molecule has 15 heavy (non-hydrogen) atoms. The molecule has 0 amide bonds. The van der Waals surface area contributed by atoms with E-state index in [4.69, 9.17) is 5.73 Å². The molecule has 0 aromatic carbocycles. The van der Waals surface area contributed by atoms with Crippen molar-refractivity contribution in [1.29, 1.82) is 0 Å². The van der Waals surface area contributed by atoms with Gasteiger partial charge in [0, 0.05) is 20.1 Å². The highest BCUT2D eigenvalue weighted by Gasteiger charge is 2.07. The van der Waals surface area contributed by atoms with Crippen molar-refractivity contribution in [1.82, 2.24) is 9.55 Å². The van der Waals surface area contributed by atoms with Gasteiger partial charge in [-0.2, -0.15) is 0 Å². The van der Waals surface area contributed by atoms with Gasteiger partial charge in [0.25, 0.3) is 5.56 Å². The lowest BCUT2D eigenvalue weighted by atomic mass is 10.4. The number of nitrogens with one attached hydrogen (secondary N) is 1. The largest absolute Gasteiger partial charge is 0.354 e. The maximum Gasteiger partial charge on any atom is 0.263 e. The summed E-state index contributed by atoms with van der Waals surface area (Å²) in [5, 5.41) is 5.55. The van der Waals surface area contributed by atoms with E-state index >= 15 is 0 Å². The van der Waals surface area contributed by atoms with E-state index in [-0.39, 0.29) is 5.56 Å². The van der Waals surface area contributed by atoms with Crippen molar-refractivity contribution < 1.29 is 0 Å². The zero-order valence-electron chi connectivity index (χ0n) is 8.36. The van der Waals surface area contributed by atoms with E-state index in [1.54, 1.807) is 13.1 Å². The van der Waals surface area contributed by atoms with Crippen LogP contribution in [0.1, 0.15) is 0 Å². The molecule has 2 rings (SSSR count). The maximum absolute atomic E-state index is 11.8. The summed E-state index contributed by atoms with van der Waals surface area (Å²) >= 11 is 1.46.